The summed E-state index contributed by atoms with van der Waals surface area (Å²) in [7, 11) is -2.08. The van der Waals surface area contributed by atoms with E-state index in [0.717, 1.165) is 37.8 Å². The van der Waals surface area contributed by atoms with Gasteiger partial charge < -0.3 is 15.1 Å². The molecule has 2 fully saturated rings. The largest absolute Gasteiger partial charge is 0.480 e. The minimum atomic E-state index is -4.65. The number of alkyl halides is 3. The van der Waals surface area contributed by atoms with Crippen molar-refractivity contribution in [1.29, 1.82) is 5.41 Å². The standard InChI is InChI=1S/C18H23F3N4O4S/c1-10(18(19,20)21)29-14-5-4-12(30(3,27)28)6-13(14)15(26)25-8-11-7-17(11,9-25)16(22)24-23-2/h4-6,10-11,23H,7-9H2,1-3H3,(H2,22,24). The Bertz CT molecular complexity index is 982. The Hall–Kier alpha value is -2.34. The van der Waals surface area contributed by atoms with Crippen LogP contribution in [0.5, 0.6) is 5.75 Å². The molecule has 166 valence electrons. The van der Waals surface area contributed by atoms with Gasteiger partial charge in [-0.3, -0.25) is 10.2 Å². The average molecular weight is 448 g/mol. The molecule has 30 heavy (non-hydrogen) atoms. The minimum Gasteiger partial charge on any atom is -0.480 e. The van der Waals surface area contributed by atoms with E-state index < -0.39 is 33.4 Å². The summed E-state index contributed by atoms with van der Waals surface area (Å²) >= 11 is 0. The van der Waals surface area contributed by atoms with Gasteiger partial charge in [-0.1, -0.05) is 0 Å². The Labute approximate surface area is 172 Å². The second-order valence-corrected chi connectivity index (χ2v) is 9.74. The molecule has 1 amide bonds. The molecule has 0 spiro atoms. The Morgan fingerprint density at radius 2 is 2.07 bits per heavy atom. The van der Waals surface area contributed by atoms with E-state index in [2.05, 4.69) is 10.9 Å². The molecule has 3 rings (SSSR count). The van der Waals surface area contributed by atoms with Crippen LogP contribution in [0.2, 0.25) is 0 Å². The summed E-state index contributed by atoms with van der Waals surface area (Å²) in [5, 5.41) is 8.14. The van der Waals surface area contributed by atoms with Gasteiger partial charge in [0.2, 0.25) is 0 Å². The van der Waals surface area contributed by atoms with Crippen molar-refractivity contribution in [2.24, 2.45) is 11.3 Å². The van der Waals surface area contributed by atoms with Crippen molar-refractivity contribution in [3.63, 3.8) is 0 Å². The van der Waals surface area contributed by atoms with Crippen molar-refractivity contribution in [3.05, 3.63) is 23.8 Å². The van der Waals surface area contributed by atoms with E-state index in [1.54, 1.807) is 7.05 Å². The predicted molar refractivity (Wildman–Crippen MR) is 102 cm³/mol. The van der Waals surface area contributed by atoms with Gasteiger partial charge in [0.05, 0.1) is 15.9 Å². The lowest BCUT2D eigenvalue weighted by Crippen LogP contribution is -2.43. The lowest BCUT2D eigenvalue weighted by atomic mass is 10.1. The number of likely N-dealkylation sites (tertiary alicyclic amines) is 1. The third-order valence-electron chi connectivity index (χ3n) is 5.56. The Balaban J connectivity index is 1.91. The maximum Gasteiger partial charge on any atom is 0.425 e. The van der Waals surface area contributed by atoms with E-state index in [1.165, 1.54) is 4.90 Å². The highest BCUT2D eigenvalue weighted by molar-refractivity contribution is 7.90. The first-order valence-electron chi connectivity index (χ1n) is 9.18. The van der Waals surface area contributed by atoms with Gasteiger partial charge in [0, 0.05) is 26.4 Å². The van der Waals surface area contributed by atoms with Crippen molar-refractivity contribution in [1.82, 2.24) is 15.8 Å². The molecule has 3 atom stereocenters. The van der Waals surface area contributed by atoms with Crippen LogP contribution in [0.4, 0.5) is 13.2 Å². The lowest BCUT2D eigenvalue weighted by molar-refractivity contribution is -0.189. The number of amidine groups is 1. The Morgan fingerprint density at radius 1 is 1.40 bits per heavy atom. The zero-order chi connectivity index (χ0) is 22.5. The molecular weight excluding hydrogens is 425 g/mol. The minimum absolute atomic E-state index is 0.0614. The lowest BCUT2D eigenvalue weighted by Gasteiger charge is -2.24. The number of fused-ring (bicyclic) bond motifs is 1. The van der Waals surface area contributed by atoms with Gasteiger partial charge in [0.1, 0.15) is 11.6 Å². The maximum atomic E-state index is 13.1. The summed E-state index contributed by atoms with van der Waals surface area (Å²) in [5.74, 6) is -0.673. The van der Waals surface area contributed by atoms with Gasteiger partial charge in [0.15, 0.2) is 15.9 Å². The van der Waals surface area contributed by atoms with Crippen molar-refractivity contribution in [3.8, 4) is 5.75 Å². The number of ether oxygens (including phenoxy) is 1. The molecule has 1 saturated carbocycles. The van der Waals surface area contributed by atoms with E-state index in [4.69, 9.17) is 10.1 Å². The van der Waals surface area contributed by atoms with Crippen molar-refractivity contribution in [2.75, 3.05) is 26.4 Å². The monoisotopic (exact) mass is 448 g/mol. The molecule has 1 saturated heterocycles. The van der Waals surface area contributed by atoms with Crippen molar-refractivity contribution in [2.45, 2.75) is 30.5 Å². The van der Waals surface area contributed by atoms with Gasteiger partial charge in [0.25, 0.3) is 5.91 Å². The average Bonchev–Trinajstić information content (AvgIpc) is 3.21. The van der Waals surface area contributed by atoms with E-state index in [9.17, 15) is 26.4 Å². The number of sulfone groups is 1. The first-order valence-corrected chi connectivity index (χ1v) is 11.1. The molecule has 0 radical (unpaired) electrons. The fourth-order valence-electron chi connectivity index (χ4n) is 3.71. The molecular formula is C18H23F3N4O4S. The van der Waals surface area contributed by atoms with Gasteiger partial charge in [-0.25, -0.2) is 13.8 Å². The number of hydrogen-bond donors (Lipinski definition) is 3. The van der Waals surface area contributed by atoms with Crippen LogP contribution in [0.1, 0.15) is 23.7 Å². The number of carbonyl (C=O) groups is 1. The summed E-state index contributed by atoms with van der Waals surface area (Å²) in [6, 6.07) is 3.23. The molecule has 0 aromatic heterocycles. The molecule has 12 heteroatoms. The number of amides is 1. The number of rotatable bonds is 6. The van der Waals surface area contributed by atoms with E-state index in [1.807, 2.05) is 0 Å². The molecule has 2 aliphatic rings. The maximum absolute atomic E-state index is 13.1. The Kier molecular flexibility index (Phi) is 5.52. The summed E-state index contributed by atoms with van der Waals surface area (Å²) < 4.78 is 67.6. The van der Waals surface area contributed by atoms with Crippen LogP contribution in [0.15, 0.2) is 23.1 Å². The van der Waals surface area contributed by atoms with Crippen molar-refractivity contribution < 1.29 is 31.1 Å². The molecule has 0 bridgehead atoms. The fourth-order valence-corrected chi connectivity index (χ4v) is 4.36. The van der Waals surface area contributed by atoms with Crippen LogP contribution < -0.4 is 15.6 Å². The van der Waals surface area contributed by atoms with Crippen LogP contribution in [0.3, 0.4) is 0 Å². The molecule has 1 aliphatic carbocycles. The van der Waals surface area contributed by atoms with Gasteiger partial charge in [-0.15, -0.1) is 0 Å². The number of nitrogens with zero attached hydrogens (tertiary/aromatic N) is 1. The smallest absolute Gasteiger partial charge is 0.425 e. The van der Waals surface area contributed by atoms with E-state index in [0.29, 0.717) is 6.54 Å². The molecule has 1 aliphatic heterocycles. The summed E-state index contributed by atoms with van der Waals surface area (Å²) in [6.07, 6.45) is -5.16. The summed E-state index contributed by atoms with van der Waals surface area (Å²) in [5.41, 5.74) is 4.62. The summed E-state index contributed by atoms with van der Waals surface area (Å²) in [4.78, 5) is 14.4. The second kappa shape index (κ2) is 7.41. The van der Waals surface area contributed by atoms with E-state index in [-0.39, 0.29) is 34.5 Å². The zero-order valence-corrected chi connectivity index (χ0v) is 17.4. The molecule has 1 aromatic carbocycles. The number of piperidine rings is 1. The van der Waals surface area contributed by atoms with Crippen molar-refractivity contribution >= 4 is 21.6 Å². The number of hydrogen-bond acceptors (Lipinski definition) is 6. The first-order chi connectivity index (χ1) is 13.8. The molecule has 1 heterocycles. The SMILES string of the molecule is CNNC(=N)C12CC1CN(C(=O)c1cc(S(C)(=O)=O)ccc1OC(C)C(F)(F)F)C2. The molecule has 3 N–H and O–H groups in total. The highest BCUT2D eigenvalue weighted by atomic mass is 32.2. The van der Waals surface area contributed by atoms with Crippen LogP contribution in [-0.2, 0) is 9.84 Å². The number of carbonyl (C=O) groups excluding carboxylic acids is 1. The fraction of sp³-hybridized carbons (Fsp3) is 0.556. The Morgan fingerprint density at radius 3 is 2.63 bits per heavy atom. The third-order valence-corrected chi connectivity index (χ3v) is 6.67. The number of benzene rings is 1. The van der Waals surface area contributed by atoms with Gasteiger partial charge in [-0.2, -0.15) is 13.2 Å². The highest BCUT2D eigenvalue weighted by Crippen LogP contribution is 2.58. The topological polar surface area (TPSA) is 112 Å². The molecule has 3 unspecified atom stereocenters. The number of hydrazine groups is 1. The highest BCUT2D eigenvalue weighted by Gasteiger charge is 2.64. The molecule has 8 nitrogen and oxygen atoms in total. The van der Waals surface area contributed by atoms with Gasteiger partial charge >= 0.3 is 6.18 Å². The number of nitrogens with one attached hydrogen (secondary N) is 3. The van der Waals surface area contributed by atoms with Gasteiger partial charge in [-0.05, 0) is 37.5 Å². The first kappa shape index (κ1) is 22.3. The zero-order valence-electron chi connectivity index (χ0n) is 16.6. The van der Waals surface area contributed by atoms with Crippen LogP contribution >= 0.6 is 0 Å². The molecule has 1 aromatic rings. The third kappa shape index (κ3) is 4.10. The number of halogens is 3. The summed E-state index contributed by atoms with van der Waals surface area (Å²) in [6.45, 7) is 1.34. The normalized spacial score (nSPS) is 24.2. The quantitative estimate of drug-likeness (QED) is 0.346. The predicted octanol–water partition coefficient (Wildman–Crippen LogP) is 1.58. The van der Waals surface area contributed by atoms with Crippen LogP contribution in [-0.4, -0.2) is 63.7 Å². The second-order valence-electron chi connectivity index (χ2n) is 7.72. The van der Waals surface area contributed by atoms with Crippen LogP contribution in [0, 0.1) is 16.7 Å². The van der Waals surface area contributed by atoms with Crippen LogP contribution in [0.25, 0.3) is 0 Å². The van der Waals surface area contributed by atoms with E-state index >= 15 is 0 Å².